The molecular weight excluding hydrogens is 316 g/mol. The van der Waals surface area contributed by atoms with Crippen molar-refractivity contribution in [1.29, 1.82) is 0 Å². The van der Waals surface area contributed by atoms with Gasteiger partial charge >= 0.3 is 5.63 Å². The molecule has 1 saturated heterocycles. The fourth-order valence-electron chi connectivity index (χ4n) is 2.60. The number of hydrogen-bond donors (Lipinski definition) is 0. The van der Waals surface area contributed by atoms with Gasteiger partial charge < -0.3 is 9.15 Å². The molecule has 2 heterocycles. The van der Waals surface area contributed by atoms with Gasteiger partial charge in [0, 0.05) is 10.4 Å². The Bertz CT molecular complexity index is 959. The second kappa shape index (κ2) is 5.33. The summed E-state index contributed by atoms with van der Waals surface area (Å²) in [6.45, 7) is 0. The van der Waals surface area contributed by atoms with Crippen LogP contribution in [0.5, 0.6) is 0 Å². The molecule has 0 N–H and O–H groups in total. The summed E-state index contributed by atoms with van der Waals surface area (Å²) >= 11 is 5.85. The van der Waals surface area contributed by atoms with E-state index in [2.05, 4.69) is 0 Å². The van der Waals surface area contributed by atoms with E-state index in [-0.39, 0.29) is 17.5 Å². The number of benzene rings is 2. The summed E-state index contributed by atoms with van der Waals surface area (Å²) in [7, 11) is 0. The van der Waals surface area contributed by atoms with E-state index in [4.69, 9.17) is 20.8 Å². The molecule has 0 aliphatic carbocycles. The number of ketones is 1. The minimum atomic E-state index is -0.653. The number of carbonyl (C=O) groups is 1. The first-order valence-corrected chi connectivity index (χ1v) is 7.49. The molecule has 0 spiro atoms. The van der Waals surface area contributed by atoms with Gasteiger partial charge in [0.2, 0.25) is 5.78 Å². The highest BCUT2D eigenvalue weighted by Crippen LogP contribution is 2.40. The molecular formula is C18H11ClO4. The molecule has 5 heteroatoms. The van der Waals surface area contributed by atoms with E-state index in [0.717, 1.165) is 5.56 Å². The van der Waals surface area contributed by atoms with Crippen molar-refractivity contribution >= 4 is 28.4 Å². The van der Waals surface area contributed by atoms with E-state index in [1.54, 1.807) is 36.4 Å². The Hall–Kier alpha value is -2.43. The lowest BCUT2D eigenvalue weighted by Gasteiger charge is -2.00. The number of halogens is 1. The van der Waals surface area contributed by atoms with E-state index in [9.17, 15) is 9.59 Å². The molecule has 2 atom stereocenters. The fraction of sp³-hybridized carbons (Fsp3) is 0.111. The average molecular weight is 327 g/mol. The van der Waals surface area contributed by atoms with Crippen molar-refractivity contribution in [1.82, 2.24) is 0 Å². The monoisotopic (exact) mass is 326 g/mol. The summed E-state index contributed by atoms with van der Waals surface area (Å²) in [5.41, 5.74) is 0.696. The van der Waals surface area contributed by atoms with Crippen molar-refractivity contribution in [2.24, 2.45) is 0 Å². The average Bonchev–Trinajstić information content (AvgIpc) is 3.35. The predicted octanol–water partition coefficient (Wildman–Crippen LogP) is 3.77. The summed E-state index contributed by atoms with van der Waals surface area (Å²) in [4.78, 5) is 24.5. The van der Waals surface area contributed by atoms with E-state index >= 15 is 0 Å². The van der Waals surface area contributed by atoms with Crippen molar-refractivity contribution in [3.8, 4) is 0 Å². The molecule has 114 valence electrons. The minimum Gasteiger partial charge on any atom is -0.422 e. The number of carbonyl (C=O) groups excluding carboxylic acids is 1. The van der Waals surface area contributed by atoms with Crippen LogP contribution in [0.15, 0.2) is 63.8 Å². The Kier molecular flexibility index (Phi) is 3.29. The first kappa shape index (κ1) is 14.2. The molecule has 0 unspecified atom stereocenters. The van der Waals surface area contributed by atoms with Gasteiger partial charge in [0.25, 0.3) is 0 Å². The van der Waals surface area contributed by atoms with E-state index in [0.29, 0.717) is 16.0 Å². The lowest BCUT2D eigenvalue weighted by Crippen LogP contribution is -2.18. The van der Waals surface area contributed by atoms with Crippen LogP contribution in [0.4, 0.5) is 0 Å². The highest BCUT2D eigenvalue weighted by molar-refractivity contribution is 6.30. The van der Waals surface area contributed by atoms with E-state index < -0.39 is 11.7 Å². The molecule has 4 nitrogen and oxygen atoms in total. The third kappa shape index (κ3) is 2.56. The molecule has 0 amide bonds. The second-order valence-corrected chi connectivity index (χ2v) is 5.81. The van der Waals surface area contributed by atoms with Crippen LogP contribution >= 0.6 is 11.6 Å². The Morgan fingerprint density at radius 3 is 2.57 bits per heavy atom. The number of para-hydroxylation sites is 1. The SMILES string of the molecule is O=C(c1cc2ccccc2oc1=O)[C@H]1O[C@@H]1c1ccc(Cl)cc1. The number of ether oxygens (including phenoxy) is 1. The summed E-state index contributed by atoms with van der Waals surface area (Å²) < 4.78 is 10.7. The highest BCUT2D eigenvalue weighted by Gasteiger charge is 2.47. The topological polar surface area (TPSA) is 59.8 Å². The molecule has 1 aliphatic heterocycles. The Morgan fingerprint density at radius 2 is 1.78 bits per heavy atom. The van der Waals surface area contributed by atoms with Crippen molar-refractivity contribution in [3.63, 3.8) is 0 Å². The highest BCUT2D eigenvalue weighted by atomic mass is 35.5. The molecule has 23 heavy (non-hydrogen) atoms. The van der Waals surface area contributed by atoms with Gasteiger partial charge in [-0.1, -0.05) is 41.9 Å². The zero-order valence-electron chi connectivity index (χ0n) is 11.9. The van der Waals surface area contributed by atoms with Gasteiger partial charge in [-0.05, 0) is 29.8 Å². The quantitative estimate of drug-likeness (QED) is 0.417. The predicted molar refractivity (Wildman–Crippen MR) is 85.9 cm³/mol. The molecule has 0 saturated carbocycles. The maximum atomic E-state index is 12.5. The summed E-state index contributed by atoms with van der Waals surface area (Å²) in [6, 6.07) is 15.7. The van der Waals surface area contributed by atoms with Gasteiger partial charge in [-0.2, -0.15) is 0 Å². The number of hydrogen-bond acceptors (Lipinski definition) is 4. The molecule has 4 rings (SSSR count). The van der Waals surface area contributed by atoms with Crippen LogP contribution in [0.1, 0.15) is 22.0 Å². The van der Waals surface area contributed by atoms with Crippen molar-refractivity contribution in [2.45, 2.75) is 12.2 Å². The molecule has 1 aromatic heterocycles. The summed E-state index contributed by atoms with van der Waals surface area (Å²) in [5.74, 6) is -0.357. The van der Waals surface area contributed by atoms with Gasteiger partial charge in [0.05, 0.1) is 0 Å². The maximum absolute atomic E-state index is 12.5. The van der Waals surface area contributed by atoms with Gasteiger partial charge in [0.1, 0.15) is 17.3 Å². The summed E-state index contributed by atoms with van der Waals surface area (Å²) in [5, 5.41) is 1.33. The smallest absolute Gasteiger partial charge is 0.347 e. The molecule has 0 radical (unpaired) electrons. The minimum absolute atomic E-state index is 0.0187. The molecule has 0 bridgehead atoms. The third-order valence-corrected chi connectivity index (χ3v) is 4.11. The van der Waals surface area contributed by atoms with Gasteiger partial charge in [-0.25, -0.2) is 4.79 Å². The maximum Gasteiger partial charge on any atom is 0.347 e. The summed E-state index contributed by atoms with van der Waals surface area (Å²) in [6.07, 6.45) is -0.995. The van der Waals surface area contributed by atoms with Gasteiger partial charge in [0.15, 0.2) is 6.10 Å². The van der Waals surface area contributed by atoms with Crippen LogP contribution in [0.2, 0.25) is 5.02 Å². The molecule has 1 aliphatic rings. The number of Topliss-reactive ketones (excluding diaryl/α,β-unsaturated/α-hetero) is 1. The van der Waals surface area contributed by atoms with Crippen molar-refractivity contribution in [3.05, 3.63) is 81.2 Å². The molecule has 3 aromatic rings. The Labute approximate surface area is 136 Å². The van der Waals surface area contributed by atoms with Crippen LogP contribution in [-0.2, 0) is 4.74 Å². The van der Waals surface area contributed by atoms with Crippen LogP contribution in [0, 0.1) is 0 Å². The number of fused-ring (bicyclic) bond motifs is 1. The van der Waals surface area contributed by atoms with E-state index in [1.807, 2.05) is 18.2 Å². The van der Waals surface area contributed by atoms with Crippen molar-refractivity contribution in [2.75, 3.05) is 0 Å². The zero-order chi connectivity index (χ0) is 16.0. The standard InChI is InChI=1S/C18H11ClO4/c19-12-7-5-10(6-8-12)16-17(23-16)15(20)13-9-11-3-1-2-4-14(11)22-18(13)21/h1-9,16-17H/t16-,17-/m1/s1. The number of rotatable bonds is 3. The van der Waals surface area contributed by atoms with Crippen LogP contribution in [-0.4, -0.2) is 11.9 Å². The van der Waals surface area contributed by atoms with Gasteiger partial charge in [-0.3, -0.25) is 4.79 Å². The van der Waals surface area contributed by atoms with E-state index in [1.165, 1.54) is 0 Å². The first-order chi connectivity index (χ1) is 11.1. The second-order valence-electron chi connectivity index (χ2n) is 5.38. The normalized spacial score (nSPS) is 19.7. The number of epoxide rings is 1. The molecule has 1 fully saturated rings. The fourth-order valence-corrected chi connectivity index (χ4v) is 2.73. The van der Waals surface area contributed by atoms with Crippen LogP contribution < -0.4 is 5.63 Å². The largest absolute Gasteiger partial charge is 0.422 e. The third-order valence-electron chi connectivity index (χ3n) is 3.86. The molecule has 2 aromatic carbocycles. The first-order valence-electron chi connectivity index (χ1n) is 7.11. The zero-order valence-corrected chi connectivity index (χ0v) is 12.6. The Balaban J connectivity index is 1.64. The van der Waals surface area contributed by atoms with Crippen molar-refractivity contribution < 1.29 is 13.9 Å². The lowest BCUT2D eigenvalue weighted by molar-refractivity contribution is 0.0950. The Morgan fingerprint density at radius 1 is 1.04 bits per heavy atom. The van der Waals surface area contributed by atoms with Gasteiger partial charge in [-0.15, -0.1) is 0 Å². The van der Waals surface area contributed by atoms with Crippen LogP contribution in [0.3, 0.4) is 0 Å². The lowest BCUT2D eigenvalue weighted by atomic mass is 10.0. The van der Waals surface area contributed by atoms with Crippen LogP contribution in [0.25, 0.3) is 11.0 Å².